The number of hydrogen-bond donors (Lipinski definition) is 1. The van der Waals surface area contributed by atoms with E-state index in [4.69, 9.17) is 4.74 Å². The first-order valence-corrected chi connectivity index (χ1v) is 5.97. The van der Waals surface area contributed by atoms with Gasteiger partial charge < -0.3 is 9.72 Å². The van der Waals surface area contributed by atoms with Crippen molar-refractivity contribution in [3.8, 4) is 5.75 Å². The molecule has 0 radical (unpaired) electrons. The molecule has 1 aromatic heterocycles. The summed E-state index contributed by atoms with van der Waals surface area (Å²) in [5, 5.41) is 0. The van der Waals surface area contributed by atoms with Crippen LogP contribution in [0.1, 0.15) is 29.4 Å². The van der Waals surface area contributed by atoms with Gasteiger partial charge in [-0.05, 0) is 44.0 Å². The van der Waals surface area contributed by atoms with Crippen LogP contribution in [0.25, 0.3) is 0 Å². The molecule has 1 heterocycles. The van der Waals surface area contributed by atoms with Gasteiger partial charge in [-0.25, -0.2) is 4.98 Å². The van der Waals surface area contributed by atoms with Gasteiger partial charge >= 0.3 is 0 Å². The SMILES string of the molecule is CC(=O)c1ccc(OCCCc2cnc[nH]2)cc1. The summed E-state index contributed by atoms with van der Waals surface area (Å²) < 4.78 is 5.59. The van der Waals surface area contributed by atoms with Crippen LogP contribution in [0.2, 0.25) is 0 Å². The molecule has 0 aliphatic heterocycles. The van der Waals surface area contributed by atoms with Gasteiger partial charge in [-0.15, -0.1) is 0 Å². The number of carbonyl (C=O) groups is 1. The van der Waals surface area contributed by atoms with Gasteiger partial charge in [0.2, 0.25) is 0 Å². The highest BCUT2D eigenvalue weighted by Gasteiger charge is 2.00. The van der Waals surface area contributed by atoms with Crippen LogP contribution in [0, 0.1) is 0 Å². The Morgan fingerprint density at radius 3 is 2.72 bits per heavy atom. The Morgan fingerprint density at radius 2 is 2.11 bits per heavy atom. The molecule has 94 valence electrons. The summed E-state index contributed by atoms with van der Waals surface area (Å²) in [5.74, 6) is 0.866. The molecule has 0 saturated carbocycles. The third-order valence-electron chi connectivity index (χ3n) is 2.67. The molecule has 0 fully saturated rings. The van der Waals surface area contributed by atoms with E-state index in [-0.39, 0.29) is 5.78 Å². The zero-order valence-electron chi connectivity index (χ0n) is 10.3. The Morgan fingerprint density at radius 1 is 1.33 bits per heavy atom. The summed E-state index contributed by atoms with van der Waals surface area (Å²) in [4.78, 5) is 18.1. The largest absolute Gasteiger partial charge is 0.494 e. The molecule has 0 saturated heterocycles. The van der Waals surface area contributed by atoms with Gasteiger partial charge in [0.25, 0.3) is 0 Å². The van der Waals surface area contributed by atoms with Crippen LogP contribution >= 0.6 is 0 Å². The molecule has 0 aliphatic rings. The predicted molar refractivity (Wildman–Crippen MR) is 68.9 cm³/mol. The van der Waals surface area contributed by atoms with E-state index in [1.54, 1.807) is 25.4 Å². The number of rotatable bonds is 6. The maximum atomic E-state index is 11.1. The Balaban J connectivity index is 1.75. The lowest BCUT2D eigenvalue weighted by atomic mass is 10.1. The number of aryl methyl sites for hydroxylation is 1. The van der Waals surface area contributed by atoms with E-state index in [0.717, 1.165) is 24.3 Å². The summed E-state index contributed by atoms with van der Waals surface area (Å²) in [6.07, 6.45) is 5.35. The third-order valence-corrected chi connectivity index (χ3v) is 2.67. The van der Waals surface area contributed by atoms with Crippen molar-refractivity contribution in [1.29, 1.82) is 0 Å². The molecule has 0 atom stereocenters. The molecule has 0 bridgehead atoms. The van der Waals surface area contributed by atoms with Crippen molar-refractivity contribution in [3.63, 3.8) is 0 Å². The van der Waals surface area contributed by atoms with Crippen molar-refractivity contribution in [2.45, 2.75) is 19.8 Å². The Hall–Kier alpha value is -2.10. The number of H-pyrrole nitrogens is 1. The smallest absolute Gasteiger partial charge is 0.159 e. The van der Waals surface area contributed by atoms with Crippen LogP contribution in [0.3, 0.4) is 0 Å². The first-order chi connectivity index (χ1) is 8.75. The number of hydrogen-bond acceptors (Lipinski definition) is 3. The number of nitrogens with zero attached hydrogens (tertiary/aromatic N) is 1. The Kier molecular flexibility index (Phi) is 4.12. The van der Waals surface area contributed by atoms with E-state index in [1.165, 1.54) is 0 Å². The normalized spacial score (nSPS) is 10.3. The molecule has 2 rings (SSSR count). The fourth-order valence-corrected chi connectivity index (χ4v) is 1.66. The lowest BCUT2D eigenvalue weighted by molar-refractivity contribution is 0.101. The average Bonchev–Trinajstić information content (AvgIpc) is 2.88. The minimum absolute atomic E-state index is 0.0702. The quantitative estimate of drug-likeness (QED) is 0.627. The summed E-state index contributed by atoms with van der Waals surface area (Å²) in [5.41, 5.74) is 1.82. The number of benzene rings is 1. The van der Waals surface area contributed by atoms with E-state index in [9.17, 15) is 4.79 Å². The lowest BCUT2D eigenvalue weighted by Gasteiger charge is -2.05. The molecule has 2 aromatic rings. The van der Waals surface area contributed by atoms with Crippen LogP contribution in [-0.4, -0.2) is 22.4 Å². The van der Waals surface area contributed by atoms with Crippen molar-refractivity contribution >= 4 is 5.78 Å². The van der Waals surface area contributed by atoms with Crippen LogP contribution in [0.4, 0.5) is 0 Å². The number of imidazole rings is 1. The first kappa shape index (κ1) is 12.4. The van der Waals surface area contributed by atoms with Gasteiger partial charge in [0, 0.05) is 17.5 Å². The van der Waals surface area contributed by atoms with E-state index < -0.39 is 0 Å². The predicted octanol–water partition coefficient (Wildman–Crippen LogP) is 2.62. The standard InChI is InChI=1S/C14H16N2O2/c1-11(17)12-4-6-14(7-5-12)18-8-2-3-13-9-15-10-16-13/h4-7,9-10H,2-3,8H2,1H3,(H,15,16). The topological polar surface area (TPSA) is 55.0 Å². The molecule has 1 N–H and O–H groups in total. The molecule has 4 heteroatoms. The molecular formula is C14H16N2O2. The van der Waals surface area contributed by atoms with E-state index in [0.29, 0.717) is 12.2 Å². The maximum absolute atomic E-state index is 11.1. The molecule has 4 nitrogen and oxygen atoms in total. The van der Waals surface area contributed by atoms with Crippen molar-refractivity contribution < 1.29 is 9.53 Å². The van der Waals surface area contributed by atoms with Crippen molar-refractivity contribution in [2.75, 3.05) is 6.61 Å². The second-order valence-corrected chi connectivity index (χ2v) is 4.11. The van der Waals surface area contributed by atoms with Gasteiger partial charge in [-0.2, -0.15) is 0 Å². The summed E-state index contributed by atoms with van der Waals surface area (Å²) in [7, 11) is 0. The van der Waals surface area contributed by atoms with E-state index in [1.807, 2.05) is 18.3 Å². The van der Waals surface area contributed by atoms with Crippen LogP contribution < -0.4 is 4.74 Å². The number of carbonyl (C=O) groups excluding carboxylic acids is 1. The number of Topliss-reactive ketones (excluding diaryl/α,β-unsaturated/α-hetero) is 1. The number of nitrogens with one attached hydrogen (secondary N) is 1. The van der Waals surface area contributed by atoms with Crippen LogP contribution in [0.15, 0.2) is 36.8 Å². The molecule has 0 aliphatic carbocycles. The van der Waals surface area contributed by atoms with Gasteiger partial charge in [-0.1, -0.05) is 0 Å². The molecule has 1 aromatic carbocycles. The van der Waals surface area contributed by atoms with Gasteiger partial charge in [0.15, 0.2) is 5.78 Å². The zero-order valence-corrected chi connectivity index (χ0v) is 10.3. The van der Waals surface area contributed by atoms with Crippen LogP contribution in [0.5, 0.6) is 5.75 Å². The van der Waals surface area contributed by atoms with E-state index >= 15 is 0 Å². The van der Waals surface area contributed by atoms with Gasteiger partial charge in [-0.3, -0.25) is 4.79 Å². The molecule has 0 spiro atoms. The molecular weight excluding hydrogens is 228 g/mol. The summed E-state index contributed by atoms with van der Waals surface area (Å²) >= 11 is 0. The van der Waals surface area contributed by atoms with Crippen LogP contribution in [-0.2, 0) is 6.42 Å². The first-order valence-electron chi connectivity index (χ1n) is 5.97. The van der Waals surface area contributed by atoms with Crippen molar-refractivity contribution in [3.05, 3.63) is 48.0 Å². The van der Waals surface area contributed by atoms with E-state index in [2.05, 4.69) is 9.97 Å². The Labute approximate surface area is 106 Å². The molecule has 0 amide bonds. The summed E-state index contributed by atoms with van der Waals surface area (Å²) in [6, 6.07) is 7.22. The number of aromatic amines is 1. The fourth-order valence-electron chi connectivity index (χ4n) is 1.66. The van der Waals surface area contributed by atoms with Gasteiger partial charge in [0.1, 0.15) is 5.75 Å². The third kappa shape index (κ3) is 3.45. The summed E-state index contributed by atoms with van der Waals surface area (Å²) in [6.45, 7) is 2.21. The van der Waals surface area contributed by atoms with Gasteiger partial charge in [0.05, 0.1) is 12.9 Å². The fraction of sp³-hybridized carbons (Fsp3) is 0.286. The minimum Gasteiger partial charge on any atom is -0.494 e. The second-order valence-electron chi connectivity index (χ2n) is 4.11. The minimum atomic E-state index is 0.0702. The number of ketones is 1. The lowest BCUT2D eigenvalue weighted by Crippen LogP contribution is -2.00. The maximum Gasteiger partial charge on any atom is 0.159 e. The zero-order chi connectivity index (χ0) is 12.8. The monoisotopic (exact) mass is 244 g/mol. The second kappa shape index (κ2) is 6.00. The highest BCUT2D eigenvalue weighted by molar-refractivity contribution is 5.94. The number of ether oxygens (including phenoxy) is 1. The highest BCUT2D eigenvalue weighted by atomic mass is 16.5. The Bertz CT molecular complexity index is 489. The average molecular weight is 244 g/mol. The van der Waals surface area contributed by atoms with Crippen molar-refractivity contribution in [1.82, 2.24) is 9.97 Å². The molecule has 18 heavy (non-hydrogen) atoms. The number of aromatic nitrogens is 2. The molecule has 0 unspecified atom stereocenters. The van der Waals surface area contributed by atoms with Crippen molar-refractivity contribution in [2.24, 2.45) is 0 Å². The highest BCUT2D eigenvalue weighted by Crippen LogP contribution is 2.13.